The first-order valence-electron chi connectivity index (χ1n) is 12.7. The van der Waals surface area contributed by atoms with E-state index in [0.29, 0.717) is 5.39 Å². The largest absolute Gasteiger partial charge is 0.377 e. The number of aromatic amines is 1. The first-order chi connectivity index (χ1) is 17.6. The maximum Gasteiger partial charge on any atom is 0.272 e. The van der Waals surface area contributed by atoms with Gasteiger partial charge in [-0.05, 0) is 47.5 Å². The average Bonchev–Trinajstić information content (AvgIpc) is 2.92. The maximum absolute atomic E-state index is 13.8. The molecule has 0 saturated carbocycles. The molecule has 36 heavy (non-hydrogen) atoms. The molecule has 2 aliphatic heterocycles. The van der Waals surface area contributed by atoms with Gasteiger partial charge in [-0.25, -0.2) is 9.49 Å². The van der Waals surface area contributed by atoms with Crippen LogP contribution in [0, 0.1) is 5.82 Å². The zero-order chi connectivity index (χ0) is 24.6. The molecular weight excluding hydrogens is 453 g/mol. The molecule has 3 heterocycles. The quantitative estimate of drug-likeness (QED) is 0.438. The van der Waals surface area contributed by atoms with E-state index >= 15 is 0 Å². The molecule has 0 radical (unpaired) electrons. The Bertz CT molecular complexity index is 1430. The van der Waals surface area contributed by atoms with E-state index in [1.807, 2.05) is 30.3 Å². The van der Waals surface area contributed by atoms with Gasteiger partial charge in [-0.15, -0.1) is 0 Å². The molecule has 184 valence electrons. The molecule has 1 aromatic heterocycles. The van der Waals surface area contributed by atoms with E-state index in [2.05, 4.69) is 56.5 Å². The van der Waals surface area contributed by atoms with Crippen molar-refractivity contribution in [2.24, 2.45) is 0 Å². The monoisotopic (exact) mass is 483 g/mol. The number of hydrogen-bond donors (Lipinski definition) is 2. The highest BCUT2D eigenvalue weighted by Crippen LogP contribution is 2.46. The number of rotatable bonds is 5. The summed E-state index contributed by atoms with van der Waals surface area (Å²) >= 11 is 0. The van der Waals surface area contributed by atoms with Gasteiger partial charge in [0.1, 0.15) is 5.82 Å². The second kappa shape index (κ2) is 9.48. The Kier molecular flexibility index (Phi) is 6.03. The molecule has 3 aromatic carbocycles. The Morgan fingerprint density at radius 2 is 1.61 bits per heavy atom. The van der Waals surface area contributed by atoms with Crippen LogP contribution in [0.15, 0.2) is 71.5 Å². The van der Waals surface area contributed by atoms with Crippen molar-refractivity contribution in [1.82, 2.24) is 20.0 Å². The number of anilines is 1. The van der Waals surface area contributed by atoms with Gasteiger partial charge in [-0.1, -0.05) is 49.4 Å². The first-order valence-corrected chi connectivity index (χ1v) is 12.7. The Balaban J connectivity index is 1.34. The van der Waals surface area contributed by atoms with E-state index in [0.717, 1.165) is 67.2 Å². The topological polar surface area (TPSA) is 64.3 Å². The molecule has 6 rings (SSSR count). The maximum atomic E-state index is 13.8. The summed E-state index contributed by atoms with van der Waals surface area (Å²) in [5.74, 6) is -0.462. The van der Waals surface area contributed by atoms with Gasteiger partial charge in [0.2, 0.25) is 0 Å². The van der Waals surface area contributed by atoms with Crippen LogP contribution in [0.3, 0.4) is 0 Å². The number of aromatic nitrogens is 2. The number of nitrogens with zero attached hydrogens (tertiary/aromatic N) is 3. The summed E-state index contributed by atoms with van der Waals surface area (Å²) in [6, 6.07) is 21.0. The van der Waals surface area contributed by atoms with Gasteiger partial charge in [-0.3, -0.25) is 9.69 Å². The molecule has 0 spiro atoms. The molecule has 0 aliphatic carbocycles. The zero-order valence-electron chi connectivity index (χ0n) is 20.4. The Morgan fingerprint density at radius 3 is 2.33 bits per heavy atom. The minimum absolute atomic E-state index is 0.117. The predicted molar refractivity (Wildman–Crippen MR) is 141 cm³/mol. The molecule has 1 fully saturated rings. The lowest BCUT2D eigenvalue weighted by Gasteiger charge is -2.35. The molecule has 2 N–H and O–H groups in total. The van der Waals surface area contributed by atoms with Crippen LogP contribution in [-0.4, -0.2) is 52.7 Å². The van der Waals surface area contributed by atoms with Crippen LogP contribution in [0.2, 0.25) is 0 Å². The molecule has 1 saturated heterocycles. The minimum atomic E-state index is -0.275. The second-order valence-corrected chi connectivity index (χ2v) is 9.77. The van der Waals surface area contributed by atoms with Crippen LogP contribution >= 0.6 is 0 Å². The van der Waals surface area contributed by atoms with E-state index in [1.54, 1.807) is 0 Å². The molecule has 2 aliphatic rings. The van der Waals surface area contributed by atoms with Crippen molar-refractivity contribution in [2.75, 3.05) is 38.0 Å². The van der Waals surface area contributed by atoms with Gasteiger partial charge in [0.25, 0.3) is 5.56 Å². The van der Waals surface area contributed by atoms with Crippen molar-refractivity contribution in [1.29, 1.82) is 0 Å². The summed E-state index contributed by atoms with van der Waals surface area (Å²) in [5.41, 5.74) is 4.85. The van der Waals surface area contributed by atoms with E-state index in [-0.39, 0.29) is 23.3 Å². The lowest BCUT2D eigenvalue weighted by molar-refractivity contribution is 0.132. The van der Waals surface area contributed by atoms with Gasteiger partial charge >= 0.3 is 0 Å². The number of H-pyrrole nitrogens is 1. The number of benzene rings is 3. The summed E-state index contributed by atoms with van der Waals surface area (Å²) in [5, 5.41) is 12.3. The van der Waals surface area contributed by atoms with Crippen LogP contribution in [0.25, 0.3) is 10.8 Å². The fourth-order valence-corrected chi connectivity index (χ4v) is 5.65. The van der Waals surface area contributed by atoms with Gasteiger partial charge in [0.05, 0.1) is 23.0 Å². The minimum Gasteiger partial charge on any atom is -0.377 e. The van der Waals surface area contributed by atoms with Crippen molar-refractivity contribution in [2.45, 2.75) is 25.4 Å². The number of hydrogen-bond acceptors (Lipinski definition) is 5. The van der Waals surface area contributed by atoms with Gasteiger partial charge in [-0.2, -0.15) is 5.10 Å². The van der Waals surface area contributed by atoms with Crippen LogP contribution in [0.4, 0.5) is 10.1 Å². The van der Waals surface area contributed by atoms with Crippen LogP contribution < -0.4 is 10.9 Å². The zero-order valence-corrected chi connectivity index (χ0v) is 20.4. The SMILES string of the molecule is CCN1CCN(Cc2ccc(C3Nc4cccc5c(=O)[nH]nc(c45)C3c3ccc(F)cc3)cc2)CC1. The van der Waals surface area contributed by atoms with Crippen molar-refractivity contribution in [3.63, 3.8) is 0 Å². The molecule has 2 atom stereocenters. The smallest absolute Gasteiger partial charge is 0.272 e. The number of nitrogens with one attached hydrogen (secondary N) is 2. The lowest BCUT2D eigenvalue weighted by atomic mass is 9.80. The summed E-state index contributed by atoms with van der Waals surface area (Å²) in [6.07, 6.45) is 0. The number of halogens is 1. The highest BCUT2D eigenvalue weighted by atomic mass is 19.1. The fraction of sp³-hybridized carbons (Fsp3) is 0.310. The molecule has 0 bridgehead atoms. The van der Waals surface area contributed by atoms with Crippen LogP contribution in [0.5, 0.6) is 0 Å². The van der Waals surface area contributed by atoms with E-state index < -0.39 is 0 Å². The molecule has 4 aromatic rings. The fourth-order valence-electron chi connectivity index (χ4n) is 5.65. The lowest BCUT2D eigenvalue weighted by Crippen LogP contribution is -2.45. The van der Waals surface area contributed by atoms with Crippen LogP contribution in [-0.2, 0) is 6.54 Å². The molecular formula is C29H30FN5O. The first kappa shape index (κ1) is 22.9. The third-order valence-electron chi connectivity index (χ3n) is 7.67. The van der Waals surface area contributed by atoms with Gasteiger partial charge < -0.3 is 10.2 Å². The number of piperazine rings is 1. The average molecular weight is 484 g/mol. The normalized spacial score (nSPS) is 20.4. The molecule has 2 unspecified atom stereocenters. The van der Waals surface area contributed by atoms with Gasteiger partial charge in [0.15, 0.2) is 0 Å². The third kappa shape index (κ3) is 4.18. The Morgan fingerprint density at radius 1 is 0.917 bits per heavy atom. The predicted octanol–water partition coefficient (Wildman–Crippen LogP) is 4.50. The molecule has 6 nitrogen and oxygen atoms in total. The molecule has 7 heteroatoms. The van der Waals surface area contributed by atoms with Crippen LogP contribution in [0.1, 0.15) is 41.3 Å². The highest BCUT2D eigenvalue weighted by Gasteiger charge is 2.34. The summed E-state index contributed by atoms with van der Waals surface area (Å²) in [7, 11) is 0. The molecule has 0 amide bonds. The summed E-state index contributed by atoms with van der Waals surface area (Å²) in [4.78, 5) is 17.5. The second-order valence-electron chi connectivity index (χ2n) is 9.77. The van der Waals surface area contributed by atoms with E-state index in [1.165, 1.54) is 17.7 Å². The highest BCUT2D eigenvalue weighted by molar-refractivity contribution is 5.97. The third-order valence-corrected chi connectivity index (χ3v) is 7.67. The van der Waals surface area contributed by atoms with E-state index in [9.17, 15) is 9.18 Å². The van der Waals surface area contributed by atoms with E-state index in [4.69, 9.17) is 0 Å². The van der Waals surface area contributed by atoms with Crippen molar-refractivity contribution < 1.29 is 4.39 Å². The summed E-state index contributed by atoms with van der Waals surface area (Å²) < 4.78 is 13.8. The van der Waals surface area contributed by atoms with Crippen molar-refractivity contribution >= 4 is 16.5 Å². The summed E-state index contributed by atoms with van der Waals surface area (Å²) in [6.45, 7) is 8.72. The van der Waals surface area contributed by atoms with Crippen molar-refractivity contribution in [3.05, 3.63) is 105 Å². The number of likely N-dealkylation sites (N-methyl/N-ethyl adjacent to an activating group) is 1. The Labute approximate surface area is 209 Å². The standard InChI is InChI=1S/C29H30FN5O/c1-2-34-14-16-35(17-15-34)18-19-6-8-21(9-7-19)27-25(20-10-12-22(30)13-11-20)28-26-23(29(36)33-32-28)4-3-5-24(26)31-27/h3-13,25,27,31H,2,14-18H2,1H3,(H,33,36). The van der Waals surface area contributed by atoms with Gasteiger partial charge in [0, 0.05) is 43.8 Å². The van der Waals surface area contributed by atoms with Crippen molar-refractivity contribution in [3.8, 4) is 0 Å². The Hall–Kier alpha value is -3.55.